The molecule has 4 heteroatoms. The topological polar surface area (TPSA) is 26.8 Å². The lowest BCUT2D eigenvalue weighted by molar-refractivity contribution is 0.413. The van der Waals surface area contributed by atoms with Crippen LogP contribution in [0.2, 0.25) is 5.02 Å². The number of nitrogens with zero attached hydrogens (tertiary/aromatic N) is 2. The van der Waals surface area contributed by atoms with Gasteiger partial charge in [-0.3, -0.25) is 4.90 Å². The van der Waals surface area contributed by atoms with E-state index in [1.54, 1.807) is 0 Å². The highest BCUT2D eigenvalue weighted by molar-refractivity contribution is 6.31. The molecule has 3 atom stereocenters. The molecule has 24 heavy (non-hydrogen) atoms. The second-order valence-electron chi connectivity index (χ2n) is 6.38. The fraction of sp³-hybridized carbons (Fsp3) is 0.350. The molecule has 0 N–H and O–H groups in total. The van der Waals surface area contributed by atoms with Gasteiger partial charge < -0.3 is 0 Å². The average Bonchev–Trinajstić information content (AvgIpc) is 3.34. The first-order chi connectivity index (χ1) is 11.7. The van der Waals surface area contributed by atoms with E-state index in [0.29, 0.717) is 18.3 Å². The molecule has 1 fully saturated rings. The number of benzene rings is 2. The lowest BCUT2D eigenvalue weighted by atomic mass is 9.75. The van der Waals surface area contributed by atoms with Crippen molar-refractivity contribution in [3.05, 3.63) is 70.7 Å². The second-order valence-corrected chi connectivity index (χ2v) is 7.16. The zero-order valence-corrected chi connectivity index (χ0v) is 15.0. The summed E-state index contributed by atoms with van der Waals surface area (Å²) in [6.45, 7) is 1.84. The third-order valence-electron chi connectivity index (χ3n) is 4.81. The van der Waals surface area contributed by atoms with Gasteiger partial charge in [-0.15, -0.1) is 11.6 Å². The Morgan fingerprint density at radius 1 is 1.12 bits per heavy atom. The molecular weight excluding hydrogens is 339 g/mol. The van der Waals surface area contributed by atoms with Crippen LogP contribution in [0.5, 0.6) is 0 Å². The third kappa shape index (κ3) is 3.75. The van der Waals surface area contributed by atoms with Crippen molar-refractivity contribution in [1.29, 1.82) is 5.26 Å². The van der Waals surface area contributed by atoms with E-state index < -0.39 is 5.41 Å². The number of nitriles is 1. The molecular formula is C20H20Cl2N2. The second kappa shape index (κ2) is 7.57. The lowest BCUT2D eigenvalue weighted by Crippen LogP contribution is -2.28. The van der Waals surface area contributed by atoms with Crippen molar-refractivity contribution >= 4 is 23.2 Å². The van der Waals surface area contributed by atoms with Crippen LogP contribution in [-0.2, 0) is 12.0 Å². The SMILES string of the molecule is N#C[C@@](CCCl)(C[C@@H]1CN1Cc1ccccc1Cl)c1ccccc1. The molecule has 1 heterocycles. The Bertz CT molecular complexity index is 726. The molecule has 0 amide bonds. The molecule has 2 nitrogen and oxygen atoms in total. The van der Waals surface area contributed by atoms with Crippen LogP contribution in [0.15, 0.2) is 54.6 Å². The summed E-state index contributed by atoms with van der Waals surface area (Å²) in [5.41, 5.74) is 1.70. The van der Waals surface area contributed by atoms with Crippen LogP contribution in [0.4, 0.5) is 0 Å². The molecule has 124 valence electrons. The first kappa shape index (κ1) is 17.3. The van der Waals surface area contributed by atoms with E-state index in [0.717, 1.165) is 35.7 Å². The quantitative estimate of drug-likeness (QED) is 0.514. The minimum absolute atomic E-state index is 0.407. The first-order valence-electron chi connectivity index (χ1n) is 8.19. The molecule has 2 aromatic rings. The normalized spacial score (nSPS) is 21.7. The Kier molecular flexibility index (Phi) is 5.46. The van der Waals surface area contributed by atoms with E-state index in [4.69, 9.17) is 23.2 Å². The maximum absolute atomic E-state index is 9.91. The van der Waals surface area contributed by atoms with Crippen molar-refractivity contribution in [3.8, 4) is 6.07 Å². The molecule has 0 bridgehead atoms. The zero-order valence-electron chi connectivity index (χ0n) is 13.5. The van der Waals surface area contributed by atoms with Crippen molar-refractivity contribution < 1.29 is 0 Å². The molecule has 0 radical (unpaired) electrons. The van der Waals surface area contributed by atoms with Crippen LogP contribution in [-0.4, -0.2) is 23.4 Å². The molecule has 0 spiro atoms. The van der Waals surface area contributed by atoms with Gasteiger partial charge in [-0.05, 0) is 30.0 Å². The Hall–Kier alpha value is -1.53. The fourth-order valence-electron chi connectivity index (χ4n) is 3.31. The van der Waals surface area contributed by atoms with Crippen LogP contribution in [0.25, 0.3) is 0 Å². The van der Waals surface area contributed by atoms with Gasteiger partial charge >= 0.3 is 0 Å². The summed E-state index contributed by atoms with van der Waals surface area (Å²) in [7, 11) is 0. The molecule has 2 aromatic carbocycles. The van der Waals surface area contributed by atoms with Gasteiger partial charge in [-0.2, -0.15) is 5.26 Å². The minimum Gasteiger partial charge on any atom is -0.293 e. The number of alkyl halides is 1. The van der Waals surface area contributed by atoms with E-state index >= 15 is 0 Å². The van der Waals surface area contributed by atoms with Gasteiger partial charge in [-0.25, -0.2) is 0 Å². The first-order valence-corrected chi connectivity index (χ1v) is 9.10. The Balaban J connectivity index is 1.72. The van der Waals surface area contributed by atoms with Gasteiger partial charge in [0.15, 0.2) is 0 Å². The maximum atomic E-state index is 9.91. The molecule has 1 saturated heterocycles. The van der Waals surface area contributed by atoms with E-state index in [2.05, 4.69) is 17.0 Å². The molecule has 1 unspecified atom stereocenters. The highest BCUT2D eigenvalue weighted by atomic mass is 35.5. The number of rotatable bonds is 7. The Labute approximate surface area is 153 Å². The van der Waals surface area contributed by atoms with Crippen molar-refractivity contribution in [2.75, 3.05) is 12.4 Å². The predicted octanol–water partition coefficient (Wildman–Crippen LogP) is 5.00. The van der Waals surface area contributed by atoms with Crippen LogP contribution in [0, 0.1) is 11.3 Å². The largest absolute Gasteiger partial charge is 0.293 e. The highest BCUT2D eigenvalue weighted by Crippen LogP contribution is 2.39. The predicted molar refractivity (Wildman–Crippen MR) is 99.3 cm³/mol. The van der Waals surface area contributed by atoms with Crippen LogP contribution in [0.3, 0.4) is 0 Å². The van der Waals surface area contributed by atoms with Gasteiger partial charge in [-0.1, -0.05) is 60.1 Å². The van der Waals surface area contributed by atoms with Gasteiger partial charge in [0.25, 0.3) is 0 Å². The van der Waals surface area contributed by atoms with E-state index in [1.807, 2.05) is 48.5 Å². The number of hydrogen-bond donors (Lipinski definition) is 0. The maximum Gasteiger partial charge on any atom is 0.0849 e. The van der Waals surface area contributed by atoms with E-state index in [1.165, 1.54) is 0 Å². The van der Waals surface area contributed by atoms with Crippen molar-refractivity contribution in [2.24, 2.45) is 0 Å². The third-order valence-corrected chi connectivity index (χ3v) is 5.36. The Morgan fingerprint density at radius 3 is 2.50 bits per heavy atom. The average molecular weight is 359 g/mol. The van der Waals surface area contributed by atoms with Crippen molar-refractivity contribution in [3.63, 3.8) is 0 Å². The molecule has 0 saturated carbocycles. The van der Waals surface area contributed by atoms with Gasteiger partial charge in [0, 0.05) is 30.0 Å². The number of halogens is 2. The molecule has 1 aliphatic heterocycles. The summed E-state index contributed by atoms with van der Waals surface area (Å²) >= 11 is 12.3. The summed E-state index contributed by atoms with van der Waals surface area (Å²) in [6.07, 6.45) is 1.48. The Morgan fingerprint density at radius 2 is 1.83 bits per heavy atom. The standard InChI is InChI=1S/C20H20Cl2N2/c21-11-10-20(15-23,17-7-2-1-3-8-17)12-18-14-24(18)13-16-6-4-5-9-19(16)22/h1-9,18H,10-14H2/t18-,20-,24?/m1/s1. The van der Waals surface area contributed by atoms with Crippen LogP contribution < -0.4 is 0 Å². The number of hydrogen-bond acceptors (Lipinski definition) is 2. The summed E-state index contributed by atoms with van der Waals surface area (Å²) < 4.78 is 0. The minimum atomic E-state index is -0.511. The monoisotopic (exact) mass is 358 g/mol. The molecule has 1 aliphatic rings. The van der Waals surface area contributed by atoms with E-state index in [-0.39, 0.29) is 0 Å². The van der Waals surface area contributed by atoms with Gasteiger partial charge in [0.1, 0.15) is 0 Å². The molecule has 3 rings (SSSR count). The van der Waals surface area contributed by atoms with Crippen molar-refractivity contribution in [2.45, 2.75) is 30.8 Å². The van der Waals surface area contributed by atoms with Gasteiger partial charge in [0.05, 0.1) is 11.5 Å². The summed E-state index contributed by atoms with van der Waals surface area (Å²) in [4.78, 5) is 2.37. The molecule has 0 aliphatic carbocycles. The summed E-state index contributed by atoms with van der Waals surface area (Å²) in [5.74, 6) is 0.486. The van der Waals surface area contributed by atoms with Crippen LogP contribution in [0.1, 0.15) is 24.0 Å². The van der Waals surface area contributed by atoms with E-state index in [9.17, 15) is 5.26 Å². The fourth-order valence-corrected chi connectivity index (χ4v) is 3.83. The van der Waals surface area contributed by atoms with Crippen molar-refractivity contribution in [1.82, 2.24) is 4.90 Å². The van der Waals surface area contributed by atoms with Gasteiger partial charge in [0.2, 0.25) is 0 Å². The molecule has 0 aromatic heterocycles. The lowest BCUT2D eigenvalue weighted by Gasteiger charge is -2.26. The smallest absolute Gasteiger partial charge is 0.0849 e. The van der Waals surface area contributed by atoms with Crippen LogP contribution >= 0.6 is 23.2 Å². The summed E-state index contributed by atoms with van der Waals surface area (Å²) in [5, 5.41) is 10.7. The highest BCUT2D eigenvalue weighted by Gasteiger charge is 2.43. The zero-order chi connectivity index (χ0) is 17.0. The summed E-state index contributed by atoms with van der Waals surface area (Å²) in [6, 6.07) is 20.9.